The van der Waals surface area contributed by atoms with Gasteiger partial charge in [-0.05, 0) is 25.7 Å². The molecule has 0 aromatic carbocycles. The lowest BCUT2D eigenvalue weighted by molar-refractivity contribution is -0.133. The van der Waals surface area contributed by atoms with Crippen molar-refractivity contribution in [1.29, 1.82) is 0 Å². The Hall–Kier alpha value is -0.830. The van der Waals surface area contributed by atoms with E-state index in [2.05, 4.69) is 13.5 Å². The number of carbonyl (C=O) groups excluding carboxylic acids is 1. The van der Waals surface area contributed by atoms with Gasteiger partial charge in [0.2, 0.25) is 5.91 Å². The van der Waals surface area contributed by atoms with Crippen LogP contribution in [0.5, 0.6) is 0 Å². The van der Waals surface area contributed by atoms with Crippen molar-refractivity contribution >= 4 is 5.91 Å². The van der Waals surface area contributed by atoms with Crippen LogP contribution in [0.25, 0.3) is 0 Å². The first-order valence-electron chi connectivity index (χ1n) is 5.37. The molecule has 0 saturated carbocycles. The Balaban J connectivity index is 2.54. The van der Waals surface area contributed by atoms with Gasteiger partial charge in [-0.3, -0.25) is 4.79 Å². The zero-order valence-electron chi connectivity index (χ0n) is 8.91. The first kappa shape index (κ1) is 11.2. The number of rotatable bonds is 4. The molecule has 0 aromatic rings. The fourth-order valence-electron chi connectivity index (χ4n) is 2.04. The number of carbonyl (C=O) groups is 1. The molecule has 0 radical (unpaired) electrons. The summed E-state index contributed by atoms with van der Waals surface area (Å²) in [5.74, 6) is 0.0919. The summed E-state index contributed by atoms with van der Waals surface area (Å²) in [5.41, 5.74) is 5.76. The normalized spacial score (nSPS) is 23.6. The Morgan fingerprint density at radius 3 is 3.07 bits per heavy atom. The van der Waals surface area contributed by atoms with Gasteiger partial charge < -0.3 is 10.6 Å². The van der Waals surface area contributed by atoms with E-state index in [1.165, 1.54) is 0 Å². The van der Waals surface area contributed by atoms with E-state index in [4.69, 9.17) is 5.73 Å². The fraction of sp³-hybridized carbons (Fsp3) is 0.727. The van der Waals surface area contributed by atoms with Crippen LogP contribution in [0.3, 0.4) is 0 Å². The molecule has 1 heterocycles. The molecule has 14 heavy (non-hydrogen) atoms. The Kier molecular flexibility index (Phi) is 4.14. The Morgan fingerprint density at radius 1 is 1.79 bits per heavy atom. The smallest absolute Gasteiger partial charge is 0.240 e. The van der Waals surface area contributed by atoms with Crippen LogP contribution < -0.4 is 5.73 Å². The van der Waals surface area contributed by atoms with Crippen LogP contribution in [0.4, 0.5) is 0 Å². The third-order valence-electron chi connectivity index (χ3n) is 2.87. The molecule has 0 bridgehead atoms. The Morgan fingerprint density at radius 2 is 2.50 bits per heavy atom. The standard InChI is InChI=1S/C11H20N2O/c1-3-6-10(12)11(14)13-8-5-7-9(13)4-2/h3,9-10H,1,4-8,12H2,2H3. The SMILES string of the molecule is C=CCC(N)C(=O)N1CCCC1CC. The second-order valence-corrected chi connectivity index (χ2v) is 3.87. The molecule has 1 aliphatic rings. The maximum Gasteiger partial charge on any atom is 0.240 e. The topological polar surface area (TPSA) is 46.3 Å². The molecule has 1 aliphatic heterocycles. The van der Waals surface area contributed by atoms with Gasteiger partial charge in [-0.1, -0.05) is 13.0 Å². The van der Waals surface area contributed by atoms with Crippen LogP contribution in [0.1, 0.15) is 32.6 Å². The van der Waals surface area contributed by atoms with Gasteiger partial charge in [0, 0.05) is 12.6 Å². The number of nitrogens with zero attached hydrogens (tertiary/aromatic N) is 1. The van der Waals surface area contributed by atoms with Gasteiger partial charge in [-0.25, -0.2) is 0 Å². The molecule has 1 rings (SSSR count). The summed E-state index contributed by atoms with van der Waals surface area (Å²) in [6, 6.07) is 0.0259. The lowest BCUT2D eigenvalue weighted by atomic mass is 10.1. The van der Waals surface area contributed by atoms with Crippen molar-refractivity contribution in [3.05, 3.63) is 12.7 Å². The molecule has 2 unspecified atom stereocenters. The predicted molar refractivity (Wildman–Crippen MR) is 57.8 cm³/mol. The van der Waals surface area contributed by atoms with Gasteiger partial charge in [0.1, 0.15) is 0 Å². The maximum atomic E-state index is 11.9. The summed E-state index contributed by atoms with van der Waals surface area (Å²) in [6.07, 6.45) is 5.56. The van der Waals surface area contributed by atoms with Gasteiger partial charge in [0.15, 0.2) is 0 Å². The number of nitrogens with two attached hydrogens (primary N) is 1. The van der Waals surface area contributed by atoms with E-state index in [-0.39, 0.29) is 11.9 Å². The highest BCUT2D eigenvalue weighted by Gasteiger charge is 2.29. The van der Waals surface area contributed by atoms with Crippen LogP contribution in [0.15, 0.2) is 12.7 Å². The molecule has 80 valence electrons. The third kappa shape index (κ3) is 2.35. The summed E-state index contributed by atoms with van der Waals surface area (Å²) in [4.78, 5) is 13.8. The molecule has 2 N–H and O–H groups in total. The van der Waals surface area contributed by atoms with Crippen molar-refractivity contribution in [3.63, 3.8) is 0 Å². The van der Waals surface area contributed by atoms with E-state index < -0.39 is 0 Å². The second-order valence-electron chi connectivity index (χ2n) is 3.87. The number of hydrogen-bond acceptors (Lipinski definition) is 2. The molecule has 3 heteroatoms. The highest BCUT2D eigenvalue weighted by Crippen LogP contribution is 2.20. The zero-order valence-corrected chi connectivity index (χ0v) is 8.91. The van der Waals surface area contributed by atoms with Crippen molar-refractivity contribution in [2.45, 2.75) is 44.7 Å². The molecule has 3 nitrogen and oxygen atoms in total. The minimum atomic E-state index is -0.389. The highest BCUT2D eigenvalue weighted by molar-refractivity contribution is 5.82. The average Bonchev–Trinajstić information content (AvgIpc) is 2.64. The predicted octanol–water partition coefficient (Wildman–Crippen LogP) is 1.29. The number of amides is 1. The molecule has 1 amide bonds. The zero-order chi connectivity index (χ0) is 10.6. The summed E-state index contributed by atoms with van der Waals surface area (Å²) in [7, 11) is 0. The average molecular weight is 196 g/mol. The van der Waals surface area contributed by atoms with Gasteiger partial charge in [-0.15, -0.1) is 6.58 Å². The Labute approximate surface area is 86.0 Å². The molecule has 1 saturated heterocycles. The highest BCUT2D eigenvalue weighted by atomic mass is 16.2. The first-order valence-corrected chi connectivity index (χ1v) is 5.37. The maximum absolute atomic E-state index is 11.9. The molecule has 1 fully saturated rings. The molecular weight excluding hydrogens is 176 g/mol. The van der Waals surface area contributed by atoms with Crippen molar-refractivity contribution < 1.29 is 4.79 Å². The first-order chi connectivity index (χ1) is 6.70. The molecular formula is C11H20N2O. The Bertz CT molecular complexity index is 215. The van der Waals surface area contributed by atoms with Crippen molar-refractivity contribution in [3.8, 4) is 0 Å². The van der Waals surface area contributed by atoms with E-state index in [9.17, 15) is 4.79 Å². The second kappa shape index (κ2) is 5.15. The summed E-state index contributed by atoms with van der Waals surface area (Å²) in [6.45, 7) is 6.60. The van der Waals surface area contributed by atoms with Gasteiger partial charge in [0.25, 0.3) is 0 Å². The summed E-state index contributed by atoms with van der Waals surface area (Å²) in [5, 5.41) is 0. The van der Waals surface area contributed by atoms with E-state index in [1.807, 2.05) is 4.90 Å². The largest absolute Gasteiger partial charge is 0.338 e. The number of hydrogen-bond donors (Lipinski definition) is 1. The minimum absolute atomic E-state index is 0.0919. The lowest BCUT2D eigenvalue weighted by Gasteiger charge is -2.26. The third-order valence-corrected chi connectivity index (χ3v) is 2.87. The number of likely N-dealkylation sites (tertiary alicyclic amines) is 1. The van der Waals surface area contributed by atoms with E-state index in [0.717, 1.165) is 25.8 Å². The molecule has 2 atom stereocenters. The van der Waals surface area contributed by atoms with E-state index >= 15 is 0 Å². The van der Waals surface area contributed by atoms with Crippen molar-refractivity contribution in [2.24, 2.45) is 5.73 Å². The van der Waals surface area contributed by atoms with Gasteiger partial charge in [0.05, 0.1) is 6.04 Å². The van der Waals surface area contributed by atoms with E-state index in [0.29, 0.717) is 12.5 Å². The van der Waals surface area contributed by atoms with Crippen LogP contribution in [0, 0.1) is 0 Å². The molecule has 0 aromatic heterocycles. The minimum Gasteiger partial charge on any atom is -0.338 e. The molecule has 0 aliphatic carbocycles. The van der Waals surface area contributed by atoms with Crippen LogP contribution in [-0.2, 0) is 4.79 Å². The molecule has 0 spiro atoms. The van der Waals surface area contributed by atoms with Gasteiger partial charge >= 0.3 is 0 Å². The van der Waals surface area contributed by atoms with Crippen LogP contribution in [-0.4, -0.2) is 29.4 Å². The van der Waals surface area contributed by atoms with Gasteiger partial charge in [-0.2, -0.15) is 0 Å². The summed E-state index contributed by atoms with van der Waals surface area (Å²) >= 11 is 0. The van der Waals surface area contributed by atoms with Crippen molar-refractivity contribution in [1.82, 2.24) is 4.90 Å². The van der Waals surface area contributed by atoms with Crippen molar-refractivity contribution in [2.75, 3.05) is 6.54 Å². The van der Waals surface area contributed by atoms with Crippen LogP contribution in [0.2, 0.25) is 0 Å². The lowest BCUT2D eigenvalue weighted by Crippen LogP contribution is -2.45. The van der Waals surface area contributed by atoms with E-state index in [1.54, 1.807) is 6.08 Å². The fourth-order valence-corrected chi connectivity index (χ4v) is 2.04. The quantitative estimate of drug-likeness (QED) is 0.689. The van der Waals surface area contributed by atoms with Crippen LogP contribution >= 0.6 is 0 Å². The monoisotopic (exact) mass is 196 g/mol. The summed E-state index contributed by atoms with van der Waals surface area (Å²) < 4.78 is 0.